The predicted molar refractivity (Wildman–Crippen MR) is 66.6 cm³/mol. The molecule has 1 fully saturated rings. The van der Waals surface area contributed by atoms with Gasteiger partial charge in [0, 0.05) is 12.6 Å². The SMILES string of the molecule is CC(C)OCCCCNC1CCC(O)CC1. The molecule has 16 heavy (non-hydrogen) atoms. The molecule has 3 nitrogen and oxygen atoms in total. The van der Waals surface area contributed by atoms with Gasteiger partial charge >= 0.3 is 0 Å². The van der Waals surface area contributed by atoms with E-state index in [4.69, 9.17) is 4.74 Å². The van der Waals surface area contributed by atoms with E-state index >= 15 is 0 Å². The van der Waals surface area contributed by atoms with Gasteiger partial charge in [-0.25, -0.2) is 0 Å². The monoisotopic (exact) mass is 229 g/mol. The van der Waals surface area contributed by atoms with Crippen LogP contribution in [0.15, 0.2) is 0 Å². The Morgan fingerprint density at radius 3 is 2.50 bits per heavy atom. The van der Waals surface area contributed by atoms with Gasteiger partial charge in [-0.1, -0.05) is 0 Å². The molecular formula is C13H27NO2. The zero-order valence-electron chi connectivity index (χ0n) is 10.7. The topological polar surface area (TPSA) is 41.5 Å². The number of nitrogens with one attached hydrogen (secondary N) is 1. The molecule has 0 bridgehead atoms. The van der Waals surface area contributed by atoms with E-state index in [0.29, 0.717) is 12.1 Å². The summed E-state index contributed by atoms with van der Waals surface area (Å²) in [7, 11) is 0. The van der Waals surface area contributed by atoms with Gasteiger partial charge in [-0.05, 0) is 58.9 Å². The second-order valence-electron chi connectivity index (χ2n) is 5.09. The van der Waals surface area contributed by atoms with Gasteiger partial charge in [0.1, 0.15) is 0 Å². The van der Waals surface area contributed by atoms with Gasteiger partial charge in [0.15, 0.2) is 0 Å². The molecule has 0 aromatic carbocycles. The predicted octanol–water partition coefficient (Wildman–Crippen LogP) is 2.08. The van der Waals surface area contributed by atoms with Crippen LogP contribution >= 0.6 is 0 Å². The summed E-state index contributed by atoms with van der Waals surface area (Å²) >= 11 is 0. The van der Waals surface area contributed by atoms with E-state index in [1.165, 1.54) is 6.42 Å². The van der Waals surface area contributed by atoms with E-state index in [9.17, 15) is 5.11 Å². The van der Waals surface area contributed by atoms with Crippen molar-refractivity contribution < 1.29 is 9.84 Å². The van der Waals surface area contributed by atoms with Crippen molar-refractivity contribution >= 4 is 0 Å². The fourth-order valence-corrected chi connectivity index (χ4v) is 2.13. The second-order valence-corrected chi connectivity index (χ2v) is 5.09. The molecule has 0 heterocycles. The van der Waals surface area contributed by atoms with Crippen LogP contribution in [0.5, 0.6) is 0 Å². The highest BCUT2D eigenvalue weighted by atomic mass is 16.5. The molecule has 0 radical (unpaired) electrons. The number of hydrogen-bond donors (Lipinski definition) is 2. The molecule has 1 saturated carbocycles. The van der Waals surface area contributed by atoms with E-state index in [1.807, 2.05) is 0 Å². The third-order valence-electron chi connectivity index (χ3n) is 3.15. The van der Waals surface area contributed by atoms with Crippen molar-refractivity contribution in [2.75, 3.05) is 13.2 Å². The zero-order chi connectivity index (χ0) is 11.8. The van der Waals surface area contributed by atoms with Crippen molar-refractivity contribution in [2.24, 2.45) is 0 Å². The quantitative estimate of drug-likeness (QED) is 0.657. The molecule has 0 aliphatic heterocycles. The highest BCUT2D eigenvalue weighted by Crippen LogP contribution is 2.18. The van der Waals surface area contributed by atoms with Crippen molar-refractivity contribution in [3.8, 4) is 0 Å². The summed E-state index contributed by atoms with van der Waals surface area (Å²) in [4.78, 5) is 0. The van der Waals surface area contributed by atoms with Gasteiger partial charge in [-0.15, -0.1) is 0 Å². The number of aliphatic hydroxyl groups excluding tert-OH is 1. The van der Waals surface area contributed by atoms with Gasteiger partial charge < -0.3 is 15.2 Å². The molecule has 1 aliphatic carbocycles. The molecule has 2 N–H and O–H groups in total. The first kappa shape index (κ1) is 13.9. The average molecular weight is 229 g/mol. The second kappa shape index (κ2) is 8.04. The summed E-state index contributed by atoms with van der Waals surface area (Å²) in [6.45, 7) is 6.11. The van der Waals surface area contributed by atoms with Crippen LogP contribution in [0.1, 0.15) is 52.4 Å². The van der Waals surface area contributed by atoms with Crippen LogP contribution in [0.25, 0.3) is 0 Å². The smallest absolute Gasteiger partial charge is 0.0541 e. The number of rotatable bonds is 7. The van der Waals surface area contributed by atoms with Gasteiger partial charge in [0.05, 0.1) is 12.2 Å². The summed E-state index contributed by atoms with van der Waals surface area (Å²) in [5.74, 6) is 0. The van der Waals surface area contributed by atoms with Crippen molar-refractivity contribution in [3.63, 3.8) is 0 Å². The number of hydrogen-bond acceptors (Lipinski definition) is 3. The maximum absolute atomic E-state index is 9.38. The Hall–Kier alpha value is -0.120. The lowest BCUT2D eigenvalue weighted by Gasteiger charge is -2.26. The molecular weight excluding hydrogens is 202 g/mol. The normalized spacial score (nSPS) is 26.2. The van der Waals surface area contributed by atoms with Crippen LogP contribution < -0.4 is 5.32 Å². The van der Waals surface area contributed by atoms with Crippen LogP contribution in [0.3, 0.4) is 0 Å². The van der Waals surface area contributed by atoms with E-state index in [-0.39, 0.29) is 6.10 Å². The van der Waals surface area contributed by atoms with Gasteiger partial charge in [-0.3, -0.25) is 0 Å². The third kappa shape index (κ3) is 6.46. The summed E-state index contributed by atoms with van der Waals surface area (Å²) < 4.78 is 5.49. The lowest BCUT2D eigenvalue weighted by molar-refractivity contribution is 0.0756. The summed E-state index contributed by atoms with van der Waals surface area (Å²) in [6, 6.07) is 0.634. The van der Waals surface area contributed by atoms with Crippen LogP contribution in [0.2, 0.25) is 0 Å². The lowest BCUT2D eigenvalue weighted by atomic mass is 9.93. The third-order valence-corrected chi connectivity index (χ3v) is 3.15. The van der Waals surface area contributed by atoms with Crippen molar-refractivity contribution in [1.82, 2.24) is 5.32 Å². The van der Waals surface area contributed by atoms with Gasteiger partial charge in [0.25, 0.3) is 0 Å². The van der Waals surface area contributed by atoms with E-state index in [1.54, 1.807) is 0 Å². The van der Waals surface area contributed by atoms with Crippen LogP contribution in [0, 0.1) is 0 Å². The number of ether oxygens (including phenoxy) is 1. The zero-order valence-corrected chi connectivity index (χ0v) is 10.7. The Morgan fingerprint density at radius 2 is 1.88 bits per heavy atom. The lowest BCUT2D eigenvalue weighted by Crippen LogP contribution is -2.35. The van der Waals surface area contributed by atoms with E-state index < -0.39 is 0 Å². The minimum Gasteiger partial charge on any atom is -0.393 e. The maximum atomic E-state index is 9.38. The first-order valence-corrected chi connectivity index (χ1v) is 6.71. The fourth-order valence-electron chi connectivity index (χ4n) is 2.13. The summed E-state index contributed by atoms with van der Waals surface area (Å²) in [5.41, 5.74) is 0. The Bertz CT molecular complexity index is 165. The molecule has 0 spiro atoms. The first-order valence-electron chi connectivity index (χ1n) is 6.71. The highest BCUT2D eigenvalue weighted by Gasteiger charge is 2.18. The maximum Gasteiger partial charge on any atom is 0.0541 e. The number of aliphatic hydroxyl groups is 1. The van der Waals surface area contributed by atoms with Gasteiger partial charge in [-0.2, -0.15) is 0 Å². The van der Waals surface area contributed by atoms with Crippen LogP contribution in [-0.2, 0) is 4.74 Å². The van der Waals surface area contributed by atoms with Gasteiger partial charge in [0.2, 0.25) is 0 Å². The Labute approximate surface area is 99.6 Å². The molecule has 0 aromatic rings. The number of unbranched alkanes of at least 4 members (excludes halogenated alkanes) is 1. The molecule has 96 valence electrons. The first-order chi connectivity index (χ1) is 7.68. The molecule has 0 aromatic heterocycles. The molecule has 0 amide bonds. The molecule has 1 aliphatic rings. The van der Waals surface area contributed by atoms with Crippen molar-refractivity contribution in [3.05, 3.63) is 0 Å². The van der Waals surface area contributed by atoms with Crippen molar-refractivity contribution in [1.29, 1.82) is 0 Å². The summed E-state index contributed by atoms with van der Waals surface area (Å²) in [5, 5.41) is 12.9. The average Bonchev–Trinajstić information content (AvgIpc) is 2.25. The largest absolute Gasteiger partial charge is 0.393 e. The molecule has 0 atom stereocenters. The Kier molecular flexibility index (Phi) is 7.01. The Morgan fingerprint density at radius 1 is 1.19 bits per heavy atom. The molecule has 0 saturated heterocycles. The minimum atomic E-state index is -0.0440. The summed E-state index contributed by atoms with van der Waals surface area (Å²) in [6.07, 6.45) is 6.83. The standard InChI is InChI=1S/C13H27NO2/c1-11(2)16-10-4-3-9-14-12-5-7-13(15)8-6-12/h11-15H,3-10H2,1-2H3. The van der Waals surface area contributed by atoms with Crippen LogP contribution in [-0.4, -0.2) is 36.5 Å². The minimum absolute atomic E-state index is 0.0440. The fraction of sp³-hybridized carbons (Fsp3) is 1.00. The van der Waals surface area contributed by atoms with Crippen LogP contribution in [0.4, 0.5) is 0 Å². The molecule has 3 heteroatoms. The van der Waals surface area contributed by atoms with E-state index in [2.05, 4.69) is 19.2 Å². The molecule has 1 rings (SSSR count). The Balaban J connectivity index is 1.87. The van der Waals surface area contributed by atoms with Crippen molar-refractivity contribution in [2.45, 2.75) is 70.6 Å². The van der Waals surface area contributed by atoms with E-state index in [0.717, 1.165) is 45.3 Å². The molecule has 0 unspecified atom stereocenters. The highest BCUT2D eigenvalue weighted by molar-refractivity contribution is 4.76.